The maximum atomic E-state index is 13.3. The molecule has 1 aliphatic rings. The highest BCUT2D eigenvalue weighted by atomic mass is 32.1. The Bertz CT molecular complexity index is 973. The van der Waals surface area contributed by atoms with Gasteiger partial charge < -0.3 is 9.64 Å². The van der Waals surface area contributed by atoms with Gasteiger partial charge in [0.2, 0.25) is 0 Å². The Hall–Kier alpha value is -2.33. The smallest absolute Gasteiger partial charge is 0.268 e. The number of carbonyl (C=O) groups excluding carboxylic acids is 1. The van der Waals surface area contributed by atoms with Crippen molar-refractivity contribution in [1.82, 2.24) is 0 Å². The quantitative estimate of drug-likeness (QED) is 0.641. The number of ether oxygens (including phenoxy) is 1. The van der Waals surface area contributed by atoms with Crippen molar-refractivity contribution in [2.24, 2.45) is 0 Å². The van der Waals surface area contributed by atoms with Gasteiger partial charge in [0.1, 0.15) is 5.75 Å². The molecule has 2 heterocycles. The topological polar surface area (TPSA) is 29.5 Å². The fourth-order valence-corrected chi connectivity index (χ4v) is 4.78. The Kier molecular flexibility index (Phi) is 4.00. The van der Waals surface area contributed by atoms with E-state index in [-0.39, 0.29) is 5.91 Å². The van der Waals surface area contributed by atoms with Gasteiger partial charge >= 0.3 is 0 Å². The fourth-order valence-electron chi connectivity index (χ4n) is 3.60. The van der Waals surface area contributed by atoms with Gasteiger partial charge in [-0.2, -0.15) is 0 Å². The Labute approximate surface area is 151 Å². The van der Waals surface area contributed by atoms with Crippen LogP contribution in [0.3, 0.4) is 0 Å². The number of hydrogen-bond acceptors (Lipinski definition) is 3. The van der Waals surface area contributed by atoms with Gasteiger partial charge in [0.15, 0.2) is 0 Å². The van der Waals surface area contributed by atoms with Crippen molar-refractivity contribution in [3.05, 3.63) is 58.0 Å². The van der Waals surface area contributed by atoms with E-state index in [0.717, 1.165) is 51.4 Å². The van der Waals surface area contributed by atoms with E-state index in [0.29, 0.717) is 0 Å². The SMILES string of the molecule is COc1ccc2c(C)c(C(=O)N3CCCc4cc(C)ccc43)sc2c1. The second-order valence-electron chi connectivity index (χ2n) is 6.61. The first-order chi connectivity index (χ1) is 12.1. The zero-order valence-electron chi connectivity index (χ0n) is 14.8. The van der Waals surface area contributed by atoms with Crippen LogP contribution in [0.4, 0.5) is 5.69 Å². The zero-order valence-corrected chi connectivity index (χ0v) is 15.6. The van der Waals surface area contributed by atoms with Crippen LogP contribution >= 0.6 is 11.3 Å². The van der Waals surface area contributed by atoms with E-state index in [1.807, 2.05) is 30.0 Å². The molecule has 3 aromatic rings. The molecule has 0 fully saturated rings. The van der Waals surface area contributed by atoms with Crippen LogP contribution in [0.5, 0.6) is 5.75 Å². The monoisotopic (exact) mass is 351 g/mol. The Morgan fingerprint density at radius 2 is 2.00 bits per heavy atom. The molecule has 0 saturated heterocycles. The first-order valence-corrected chi connectivity index (χ1v) is 9.38. The largest absolute Gasteiger partial charge is 0.497 e. The van der Waals surface area contributed by atoms with Gasteiger partial charge in [0.25, 0.3) is 5.91 Å². The molecule has 25 heavy (non-hydrogen) atoms. The number of carbonyl (C=O) groups is 1. The van der Waals surface area contributed by atoms with E-state index in [9.17, 15) is 4.79 Å². The molecule has 0 saturated carbocycles. The Morgan fingerprint density at radius 1 is 1.16 bits per heavy atom. The molecular weight excluding hydrogens is 330 g/mol. The summed E-state index contributed by atoms with van der Waals surface area (Å²) in [5.41, 5.74) is 4.65. The van der Waals surface area contributed by atoms with Gasteiger partial charge in [0, 0.05) is 16.9 Å². The van der Waals surface area contributed by atoms with Gasteiger partial charge in [-0.05, 0) is 67.5 Å². The minimum atomic E-state index is 0.113. The fraction of sp³-hybridized carbons (Fsp3) is 0.286. The maximum Gasteiger partial charge on any atom is 0.268 e. The van der Waals surface area contributed by atoms with E-state index in [1.165, 1.54) is 11.1 Å². The van der Waals surface area contributed by atoms with Crippen LogP contribution in [0.1, 0.15) is 32.8 Å². The lowest BCUT2D eigenvalue weighted by Gasteiger charge is -2.29. The molecule has 4 heteroatoms. The lowest BCUT2D eigenvalue weighted by atomic mass is 9.99. The Balaban J connectivity index is 1.77. The molecule has 0 unspecified atom stereocenters. The van der Waals surface area contributed by atoms with E-state index in [4.69, 9.17) is 4.74 Å². The van der Waals surface area contributed by atoms with Crippen molar-refractivity contribution in [1.29, 1.82) is 0 Å². The first kappa shape index (κ1) is 16.2. The summed E-state index contributed by atoms with van der Waals surface area (Å²) in [5.74, 6) is 0.939. The summed E-state index contributed by atoms with van der Waals surface area (Å²) in [6, 6.07) is 12.4. The molecule has 3 nitrogen and oxygen atoms in total. The number of aryl methyl sites for hydroxylation is 3. The number of benzene rings is 2. The zero-order chi connectivity index (χ0) is 17.6. The van der Waals surface area contributed by atoms with E-state index >= 15 is 0 Å². The molecule has 0 aliphatic carbocycles. The third kappa shape index (κ3) is 2.71. The lowest BCUT2D eigenvalue weighted by molar-refractivity contribution is 0.0988. The molecular formula is C21H21NO2S. The van der Waals surface area contributed by atoms with Crippen LogP contribution < -0.4 is 9.64 Å². The van der Waals surface area contributed by atoms with Gasteiger partial charge in [-0.15, -0.1) is 11.3 Å². The average molecular weight is 351 g/mol. The number of fused-ring (bicyclic) bond motifs is 2. The van der Waals surface area contributed by atoms with Crippen molar-refractivity contribution in [2.45, 2.75) is 26.7 Å². The summed E-state index contributed by atoms with van der Waals surface area (Å²) < 4.78 is 6.42. The van der Waals surface area contributed by atoms with Crippen LogP contribution in [-0.4, -0.2) is 19.6 Å². The molecule has 1 aromatic heterocycles. The second kappa shape index (κ2) is 6.19. The summed E-state index contributed by atoms with van der Waals surface area (Å²) in [5, 5.41) is 1.13. The van der Waals surface area contributed by atoms with Gasteiger partial charge in [-0.1, -0.05) is 17.7 Å². The third-order valence-corrected chi connectivity index (χ3v) is 6.18. The minimum absolute atomic E-state index is 0.113. The van der Waals surface area contributed by atoms with Crippen LogP contribution in [0, 0.1) is 13.8 Å². The van der Waals surface area contributed by atoms with Crippen LogP contribution in [0.15, 0.2) is 36.4 Å². The molecule has 2 aromatic carbocycles. The molecule has 0 radical (unpaired) electrons. The summed E-state index contributed by atoms with van der Waals surface area (Å²) in [6.45, 7) is 4.93. The normalized spacial score (nSPS) is 13.8. The number of rotatable bonds is 2. The van der Waals surface area contributed by atoms with E-state index in [1.54, 1.807) is 18.4 Å². The standard InChI is InChI=1S/C21H21NO2S/c1-13-6-9-18-15(11-13)5-4-10-22(18)21(23)20-14(2)17-8-7-16(24-3)12-19(17)25-20/h6-9,11-12H,4-5,10H2,1-3H3. The summed E-state index contributed by atoms with van der Waals surface area (Å²) in [6.07, 6.45) is 2.06. The molecule has 0 atom stereocenters. The van der Waals surface area contributed by atoms with Gasteiger partial charge in [-0.25, -0.2) is 0 Å². The molecule has 0 bridgehead atoms. The third-order valence-electron chi connectivity index (χ3n) is 4.94. The summed E-state index contributed by atoms with van der Waals surface area (Å²) in [4.78, 5) is 16.1. The van der Waals surface area contributed by atoms with Crippen molar-refractivity contribution in [2.75, 3.05) is 18.6 Å². The summed E-state index contributed by atoms with van der Waals surface area (Å²) in [7, 11) is 1.67. The Morgan fingerprint density at radius 3 is 2.80 bits per heavy atom. The highest BCUT2D eigenvalue weighted by Crippen LogP contribution is 2.36. The van der Waals surface area contributed by atoms with Crippen molar-refractivity contribution in [3.8, 4) is 5.75 Å². The maximum absolute atomic E-state index is 13.3. The molecule has 4 rings (SSSR count). The lowest BCUT2D eigenvalue weighted by Crippen LogP contribution is -2.35. The second-order valence-corrected chi connectivity index (χ2v) is 7.66. The highest BCUT2D eigenvalue weighted by Gasteiger charge is 2.26. The highest BCUT2D eigenvalue weighted by molar-refractivity contribution is 7.21. The first-order valence-electron chi connectivity index (χ1n) is 8.57. The molecule has 0 N–H and O–H groups in total. The van der Waals surface area contributed by atoms with Crippen molar-refractivity contribution >= 4 is 33.0 Å². The summed E-state index contributed by atoms with van der Waals surface area (Å²) >= 11 is 1.56. The number of methoxy groups -OCH3 is 1. The number of thiophene rings is 1. The number of hydrogen-bond donors (Lipinski definition) is 0. The van der Waals surface area contributed by atoms with E-state index in [2.05, 4.69) is 25.1 Å². The van der Waals surface area contributed by atoms with Crippen molar-refractivity contribution < 1.29 is 9.53 Å². The molecule has 128 valence electrons. The molecule has 1 aliphatic heterocycles. The minimum Gasteiger partial charge on any atom is -0.497 e. The number of nitrogens with zero attached hydrogens (tertiary/aromatic N) is 1. The van der Waals surface area contributed by atoms with Gasteiger partial charge in [0.05, 0.1) is 12.0 Å². The number of anilines is 1. The van der Waals surface area contributed by atoms with Gasteiger partial charge in [-0.3, -0.25) is 4.79 Å². The predicted octanol–water partition coefficient (Wildman–Crippen LogP) is 5.12. The van der Waals surface area contributed by atoms with Crippen LogP contribution in [0.25, 0.3) is 10.1 Å². The van der Waals surface area contributed by atoms with Crippen molar-refractivity contribution in [3.63, 3.8) is 0 Å². The number of amides is 1. The van der Waals surface area contributed by atoms with E-state index < -0.39 is 0 Å². The molecule has 1 amide bonds. The average Bonchev–Trinajstić information content (AvgIpc) is 2.96. The van der Waals surface area contributed by atoms with Crippen LogP contribution in [-0.2, 0) is 6.42 Å². The molecule has 0 spiro atoms. The predicted molar refractivity (Wildman–Crippen MR) is 104 cm³/mol. The van der Waals surface area contributed by atoms with Crippen LogP contribution in [0.2, 0.25) is 0 Å².